The molecule has 24 heavy (non-hydrogen) atoms. The largest absolute Gasteiger partial charge is 0.337 e. The maximum Gasteiger partial charge on any atom is 0.263 e. The number of benzene rings is 1. The number of anilines is 1. The number of thiophene rings is 1. The lowest BCUT2D eigenvalue weighted by molar-refractivity contribution is -0.121. The van der Waals surface area contributed by atoms with Gasteiger partial charge < -0.3 is 10.2 Å². The van der Waals surface area contributed by atoms with Gasteiger partial charge in [0.1, 0.15) is 0 Å². The van der Waals surface area contributed by atoms with Crippen LogP contribution >= 0.6 is 34.5 Å². The molecule has 126 valence electrons. The van der Waals surface area contributed by atoms with Crippen LogP contribution < -0.4 is 5.32 Å². The van der Waals surface area contributed by atoms with Gasteiger partial charge in [0.2, 0.25) is 5.91 Å². The van der Waals surface area contributed by atoms with Crippen molar-refractivity contribution in [2.75, 3.05) is 18.4 Å². The average Bonchev–Trinajstić information content (AvgIpc) is 3.07. The van der Waals surface area contributed by atoms with Crippen molar-refractivity contribution in [2.45, 2.75) is 12.8 Å². The summed E-state index contributed by atoms with van der Waals surface area (Å²) >= 11 is 13.3. The van der Waals surface area contributed by atoms with Crippen molar-refractivity contribution in [3.63, 3.8) is 0 Å². The first-order chi connectivity index (χ1) is 11.5. The number of hydrogen-bond donors (Lipinski definition) is 1. The highest BCUT2D eigenvalue weighted by Crippen LogP contribution is 2.25. The van der Waals surface area contributed by atoms with E-state index in [1.54, 1.807) is 23.1 Å². The monoisotopic (exact) mass is 382 g/mol. The summed E-state index contributed by atoms with van der Waals surface area (Å²) < 4.78 is 0. The van der Waals surface area contributed by atoms with Gasteiger partial charge in [-0.2, -0.15) is 0 Å². The van der Waals surface area contributed by atoms with Crippen LogP contribution in [0.15, 0.2) is 35.7 Å². The quantitative estimate of drug-likeness (QED) is 0.846. The summed E-state index contributed by atoms with van der Waals surface area (Å²) in [4.78, 5) is 27.4. The van der Waals surface area contributed by atoms with Crippen molar-refractivity contribution in [1.82, 2.24) is 4.90 Å². The molecule has 1 aliphatic rings. The molecule has 0 spiro atoms. The van der Waals surface area contributed by atoms with E-state index in [4.69, 9.17) is 23.2 Å². The molecule has 0 radical (unpaired) electrons. The minimum Gasteiger partial charge on any atom is -0.337 e. The standard InChI is InChI=1S/C17H16Cl2N2O2S/c18-12-7-13(19)9-14(8-12)20-16(22)11-3-1-5-21(10-11)17(23)15-4-2-6-24-15/h2,4,6-9,11H,1,3,5,10H2,(H,20,22). The minimum absolute atomic E-state index is 0.00620. The third-order valence-corrected chi connectivity index (χ3v) is 5.24. The number of carbonyl (C=O) groups excluding carboxylic acids is 2. The van der Waals surface area contributed by atoms with Gasteiger partial charge in [-0.3, -0.25) is 9.59 Å². The molecule has 2 heterocycles. The second-order valence-corrected chi connectivity index (χ2v) is 7.54. The van der Waals surface area contributed by atoms with E-state index in [9.17, 15) is 9.59 Å². The van der Waals surface area contributed by atoms with Gasteiger partial charge in [0.25, 0.3) is 5.91 Å². The molecule has 1 aromatic carbocycles. The molecule has 1 aromatic heterocycles. The molecule has 1 aliphatic heterocycles. The Morgan fingerprint density at radius 1 is 1.21 bits per heavy atom. The van der Waals surface area contributed by atoms with E-state index >= 15 is 0 Å². The maximum absolute atomic E-state index is 12.5. The van der Waals surface area contributed by atoms with Crippen LogP contribution in [0.25, 0.3) is 0 Å². The number of halogens is 2. The zero-order valence-corrected chi connectivity index (χ0v) is 15.1. The van der Waals surface area contributed by atoms with Gasteiger partial charge in [-0.1, -0.05) is 29.3 Å². The second-order valence-electron chi connectivity index (χ2n) is 5.71. The molecular weight excluding hydrogens is 367 g/mol. The number of nitrogens with zero attached hydrogens (tertiary/aromatic N) is 1. The Bertz CT molecular complexity index is 729. The maximum atomic E-state index is 12.5. The Morgan fingerprint density at radius 2 is 1.96 bits per heavy atom. The number of carbonyl (C=O) groups is 2. The predicted octanol–water partition coefficient (Wildman–Crippen LogP) is 4.55. The van der Waals surface area contributed by atoms with Crippen LogP contribution in [0.2, 0.25) is 10.0 Å². The third-order valence-electron chi connectivity index (χ3n) is 3.94. The number of amides is 2. The summed E-state index contributed by atoms with van der Waals surface area (Å²) in [6, 6.07) is 8.59. The molecule has 0 aliphatic carbocycles. The van der Waals surface area contributed by atoms with Crippen LogP contribution in [0.4, 0.5) is 5.69 Å². The molecule has 1 N–H and O–H groups in total. The smallest absolute Gasteiger partial charge is 0.263 e. The Balaban J connectivity index is 1.65. The fourth-order valence-corrected chi connectivity index (χ4v) is 4.02. The number of piperidine rings is 1. The molecule has 4 nitrogen and oxygen atoms in total. The fraction of sp³-hybridized carbons (Fsp3) is 0.294. The zero-order chi connectivity index (χ0) is 17.1. The lowest BCUT2D eigenvalue weighted by Crippen LogP contribution is -2.43. The molecule has 1 unspecified atom stereocenters. The first-order valence-corrected chi connectivity index (χ1v) is 9.26. The summed E-state index contributed by atoms with van der Waals surface area (Å²) in [5, 5.41) is 5.66. The number of rotatable bonds is 3. The molecule has 2 amide bonds. The van der Waals surface area contributed by atoms with E-state index in [1.807, 2.05) is 17.5 Å². The van der Waals surface area contributed by atoms with Crippen molar-refractivity contribution < 1.29 is 9.59 Å². The summed E-state index contributed by atoms with van der Waals surface area (Å²) in [6.45, 7) is 1.11. The SMILES string of the molecule is O=C(Nc1cc(Cl)cc(Cl)c1)C1CCCN(C(=O)c2cccs2)C1. The van der Waals surface area contributed by atoms with Crippen LogP contribution in [-0.4, -0.2) is 29.8 Å². The van der Waals surface area contributed by atoms with Crippen molar-refractivity contribution >= 4 is 52.0 Å². The van der Waals surface area contributed by atoms with Crippen LogP contribution in [-0.2, 0) is 4.79 Å². The number of hydrogen-bond acceptors (Lipinski definition) is 3. The highest BCUT2D eigenvalue weighted by atomic mass is 35.5. The first kappa shape index (κ1) is 17.3. The van der Waals surface area contributed by atoms with Gasteiger partial charge in [0.05, 0.1) is 10.8 Å². The van der Waals surface area contributed by atoms with Gasteiger partial charge in [-0.25, -0.2) is 0 Å². The summed E-state index contributed by atoms with van der Waals surface area (Å²) in [5.41, 5.74) is 0.569. The third kappa shape index (κ3) is 4.09. The van der Waals surface area contributed by atoms with Gasteiger partial charge in [-0.05, 0) is 42.5 Å². The van der Waals surface area contributed by atoms with Crippen molar-refractivity contribution in [2.24, 2.45) is 5.92 Å². The van der Waals surface area contributed by atoms with Gasteiger partial charge >= 0.3 is 0 Å². The number of nitrogens with one attached hydrogen (secondary N) is 1. The minimum atomic E-state index is -0.236. The lowest BCUT2D eigenvalue weighted by atomic mass is 9.97. The Morgan fingerprint density at radius 3 is 2.62 bits per heavy atom. The highest BCUT2D eigenvalue weighted by Gasteiger charge is 2.29. The summed E-state index contributed by atoms with van der Waals surface area (Å²) in [6.07, 6.45) is 1.57. The highest BCUT2D eigenvalue weighted by molar-refractivity contribution is 7.12. The zero-order valence-electron chi connectivity index (χ0n) is 12.8. The summed E-state index contributed by atoms with van der Waals surface area (Å²) in [7, 11) is 0. The van der Waals surface area contributed by atoms with E-state index in [-0.39, 0.29) is 17.7 Å². The van der Waals surface area contributed by atoms with Gasteiger partial charge in [-0.15, -0.1) is 11.3 Å². The van der Waals surface area contributed by atoms with E-state index < -0.39 is 0 Å². The van der Waals surface area contributed by atoms with Crippen LogP contribution in [0, 0.1) is 5.92 Å². The van der Waals surface area contributed by atoms with Gasteiger partial charge in [0, 0.05) is 28.8 Å². The second kappa shape index (κ2) is 7.55. The van der Waals surface area contributed by atoms with Crippen molar-refractivity contribution in [3.05, 3.63) is 50.6 Å². The number of likely N-dealkylation sites (tertiary alicyclic amines) is 1. The van der Waals surface area contributed by atoms with Gasteiger partial charge in [0.15, 0.2) is 0 Å². The van der Waals surface area contributed by atoms with E-state index in [1.165, 1.54) is 11.3 Å². The normalized spacial score (nSPS) is 17.6. The van der Waals surface area contributed by atoms with Crippen molar-refractivity contribution in [1.29, 1.82) is 0 Å². The first-order valence-electron chi connectivity index (χ1n) is 7.62. The molecule has 0 saturated carbocycles. The van der Waals surface area contributed by atoms with Crippen LogP contribution in [0.5, 0.6) is 0 Å². The molecule has 2 aromatic rings. The van der Waals surface area contributed by atoms with Crippen LogP contribution in [0.3, 0.4) is 0 Å². The molecular formula is C17H16Cl2N2O2S. The Kier molecular flexibility index (Phi) is 5.43. The van der Waals surface area contributed by atoms with E-state index in [2.05, 4.69) is 5.32 Å². The molecule has 1 fully saturated rings. The molecule has 1 atom stereocenters. The van der Waals surface area contributed by atoms with Crippen LogP contribution in [0.1, 0.15) is 22.5 Å². The van der Waals surface area contributed by atoms with E-state index in [0.717, 1.165) is 12.8 Å². The van der Waals surface area contributed by atoms with E-state index in [0.29, 0.717) is 33.7 Å². The molecule has 1 saturated heterocycles. The fourth-order valence-electron chi connectivity index (χ4n) is 2.80. The summed E-state index contributed by atoms with van der Waals surface area (Å²) in [5.74, 6) is -0.356. The molecule has 0 bridgehead atoms. The lowest BCUT2D eigenvalue weighted by Gasteiger charge is -2.31. The topological polar surface area (TPSA) is 49.4 Å². The predicted molar refractivity (Wildman–Crippen MR) is 98.0 cm³/mol. The Hall–Kier alpha value is -1.56. The Labute approximate surface area is 154 Å². The van der Waals surface area contributed by atoms with Crippen molar-refractivity contribution in [3.8, 4) is 0 Å². The average molecular weight is 383 g/mol. The molecule has 3 rings (SSSR count). The molecule has 7 heteroatoms.